The second-order valence-corrected chi connectivity index (χ2v) is 5.84. The molecule has 20 heavy (non-hydrogen) atoms. The zero-order chi connectivity index (χ0) is 14.5. The van der Waals surface area contributed by atoms with Crippen molar-refractivity contribution >= 4 is 5.97 Å². The van der Waals surface area contributed by atoms with Crippen molar-refractivity contribution in [3.05, 3.63) is 35.3 Å². The molecule has 2 heterocycles. The molecule has 108 valence electrons. The summed E-state index contributed by atoms with van der Waals surface area (Å²) in [6, 6.07) is 1.76. The Labute approximate surface area is 116 Å². The van der Waals surface area contributed by atoms with Crippen molar-refractivity contribution in [2.45, 2.75) is 45.0 Å². The number of carbonyl (C=O) groups is 1. The lowest BCUT2D eigenvalue weighted by molar-refractivity contribution is -0.174. The normalized spacial score (nSPS) is 37.6. The lowest BCUT2D eigenvalue weighted by Crippen LogP contribution is -2.49. The van der Waals surface area contributed by atoms with E-state index in [9.17, 15) is 15.0 Å². The van der Waals surface area contributed by atoms with E-state index >= 15 is 0 Å². The van der Waals surface area contributed by atoms with E-state index in [1.54, 1.807) is 19.3 Å². The SMILES string of the molecule is CC1=C2[C@@H](O)C(=O)O[C@H](c3ccoc3)[C@]2(C)CC[C@@H]1O. The second-order valence-electron chi connectivity index (χ2n) is 5.84. The molecule has 1 aromatic heterocycles. The van der Waals surface area contributed by atoms with E-state index in [2.05, 4.69) is 0 Å². The standard InChI is InChI=1S/C15H18O5/c1-8-10(16)3-5-15(2)11(8)12(17)14(18)20-13(15)9-4-6-19-7-9/h4,6-7,10,12-13,16-17H,3,5H2,1-2H3/t10-,12+,13+,15+/m0/s1. The minimum Gasteiger partial charge on any atom is -0.472 e. The number of aliphatic hydroxyl groups is 2. The van der Waals surface area contributed by atoms with Gasteiger partial charge in [0.2, 0.25) is 0 Å². The Morgan fingerprint density at radius 2 is 2.15 bits per heavy atom. The number of cyclic esters (lactones) is 1. The van der Waals surface area contributed by atoms with Gasteiger partial charge < -0.3 is 19.4 Å². The molecule has 2 aliphatic rings. The molecule has 5 heteroatoms. The highest BCUT2D eigenvalue weighted by atomic mass is 16.6. The third-order valence-corrected chi connectivity index (χ3v) is 4.63. The van der Waals surface area contributed by atoms with Gasteiger partial charge in [-0.1, -0.05) is 6.92 Å². The van der Waals surface area contributed by atoms with E-state index in [4.69, 9.17) is 9.15 Å². The Kier molecular flexibility index (Phi) is 2.99. The Morgan fingerprint density at radius 1 is 1.40 bits per heavy atom. The highest BCUT2D eigenvalue weighted by molar-refractivity contribution is 5.81. The van der Waals surface area contributed by atoms with Gasteiger partial charge in [-0.2, -0.15) is 0 Å². The van der Waals surface area contributed by atoms with Crippen molar-refractivity contribution < 1.29 is 24.2 Å². The molecule has 1 aromatic rings. The average Bonchev–Trinajstić information content (AvgIpc) is 2.93. The van der Waals surface area contributed by atoms with Crippen LogP contribution in [0.5, 0.6) is 0 Å². The maximum absolute atomic E-state index is 11.9. The van der Waals surface area contributed by atoms with Crippen LogP contribution in [0.15, 0.2) is 34.2 Å². The summed E-state index contributed by atoms with van der Waals surface area (Å²) in [7, 11) is 0. The van der Waals surface area contributed by atoms with E-state index in [0.717, 1.165) is 5.56 Å². The van der Waals surface area contributed by atoms with Crippen LogP contribution in [0.1, 0.15) is 38.4 Å². The average molecular weight is 278 g/mol. The molecule has 0 aromatic carbocycles. The summed E-state index contributed by atoms with van der Waals surface area (Å²) in [5, 5.41) is 20.2. The van der Waals surface area contributed by atoms with Gasteiger partial charge in [-0.05, 0) is 37.0 Å². The first kappa shape index (κ1) is 13.4. The summed E-state index contributed by atoms with van der Waals surface area (Å²) in [5.41, 5.74) is 1.53. The number of hydrogen-bond donors (Lipinski definition) is 2. The molecular formula is C15H18O5. The number of aliphatic hydroxyl groups excluding tert-OH is 2. The zero-order valence-electron chi connectivity index (χ0n) is 11.5. The van der Waals surface area contributed by atoms with Crippen molar-refractivity contribution in [2.75, 3.05) is 0 Å². The fourth-order valence-corrected chi connectivity index (χ4v) is 3.51. The minimum atomic E-state index is -1.29. The van der Waals surface area contributed by atoms with Gasteiger partial charge >= 0.3 is 5.97 Å². The van der Waals surface area contributed by atoms with Crippen LogP contribution in [0.4, 0.5) is 0 Å². The molecule has 0 bridgehead atoms. The van der Waals surface area contributed by atoms with Crippen LogP contribution in [-0.2, 0) is 9.53 Å². The van der Waals surface area contributed by atoms with Gasteiger partial charge in [-0.15, -0.1) is 0 Å². The Bertz CT molecular complexity index is 559. The lowest BCUT2D eigenvalue weighted by atomic mass is 9.63. The van der Waals surface area contributed by atoms with Crippen molar-refractivity contribution in [3.63, 3.8) is 0 Å². The Morgan fingerprint density at radius 3 is 2.80 bits per heavy atom. The Hall–Kier alpha value is -1.59. The molecule has 2 N–H and O–H groups in total. The summed E-state index contributed by atoms with van der Waals surface area (Å²) in [6.45, 7) is 3.73. The van der Waals surface area contributed by atoms with Gasteiger partial charge in [0.1, 0.15) is 6.10 Å². The molecule has 4 atom stereocenters. The Balaban J connectivity index is 2.14. The predicted molar refractivity (Wildman–Crippen MR) is 69.6 cm³/mol. The van der Waals surface area contributed by atoms with E-state index in [0.29, 0.717) is 24.0 Å². The fraction of sp³-hybridized carbons (Fsp3) is 0.533. The number of fused-ring (bicyclic) bond motifs is 1. The number of rotatable bonds is 1. The predicted octanol–water partition coefficient (Wildman–Crippen LogP) is 1.72. The van der Waals surface area contributed by atoms with E-state index in [1.807, 2.05) is 6.92 Å². The summed E-state index contributed by atoms with van der Waals surface area (Å²) in [6.07, 6.45) is 1.92. The smallest absolute Gasteiger partial charge is 0.339 e. The summed E-state index contributed by atoms with van der Waals surface area (Å²) >= 11 is 0. The molecule has 1 aliphatic heterocycles. The zero-order valence-corrected chi connectivity index (χ0v) is 11.5. The largest absolute Gasteiger partial charge is 0.472 e. The first-order valence-electron chi connectivity index (χ1n) is 6.75. The van der Waals surface area contributed by atoms with Crippen LogP contribution < -0.4 is 0 Å². The number of hydrogen-bond acceptors (Lipinski definition) is 5. The van der Waals surface area contributed by atoms with Gasteiger partial charge in [0, 0.05) is 11.0 Å². The molecular weight excluding hydrogens is 260 g/mol. The number of esters is 1. The van der Waals surface area contributed by atoms with Crippen LogP contribution in [0.3, 0.4) is 0 Å². The first-order chi connectivity index (χ1) is 9.45. The lowest BCUT2D eigenvalue weighted by Gasteiger charge is -2.48. The van der Waals surface area contributed by atoms with Gasteiger partial charge in [0.15, 0.2) is 6.10 Å². The molecule has 3 rings (SSSR count). The molecule has 0 unspecified atom stereocenters. The van der Waals surface area contributed by atoms with Gasteiger partial charge in [-0.25, -0.2) is 4.79 Å². The van der Waals surface area contributed by atoms with Crippen molar-refractivity contribution in [1.29, 1.82) is 0 Å². The molecule has 0 spiro atoms. The molecule has 1 fully saturated rings. The number of ether oxygens (including phenoxy) is 1. The third-order valence-electron chi connectivity index (χ3n) is 4.63. The van der Waals surface area contributed by atoms with Gasteiger partial charge in [0.05, 0.1) is 18.6 Å². The van der Waals surface area contributed by atoms with Crippen LogP contribution in [0.2, 0.25) is 0 Å². The molecule has 0 saturated carbocycles. The maximum Gasteiger partial charge on any atom is 0.339 e. The van der Waals surface area contributed by atoms with Crippen molar-refractivity contribution in [3.8, 4) is 0 Å². The highest BCUT2D eigenvalue weighted by Crippen LogP contribution is 2.54. The van der Waals surface area contributed by atoms with Crippen LogP contribution in [0.25, 0.3) is 0 Å². The molecule has 1 saturated heterocycles. The molecule has 5 nitrogen and oxygen atoms in total. The second kappa shape index (κ2) is 4.46. The number of carbonyl (C=O) groups excluding carboxylic acids is 1. The molecule has 0 amide bonds. The van der Waals surface area contributed by atoms with E-state index in [-0.39, 0.29) is 0 Å². The summed E-state index contributed by atoms with van der Waals surface area (Å²) < 4.78 is 10.5. The van der Waals surface area contributed by atoms with E-state index in [1.165, 1.54) is 6.26 Å². The maximum atomic E-state index is 11.9. The van der Waals surface area contributed by atoms with Crippen molar-refractivity contribution in [2.24, 2.45) is 5.41 Å². The number of furan rings is 1. The highest BCUT2D eigenvalue weighted by Gasteiger charge is 2.53. The quantitative estimate of drug-likeness (QED) is 0.604. The summed E-state index contributed by atoms with van der Waals surface area (Å²) in [5.74, 6) is -0.669. The minimum absolute atomic E-state index is 0.491. The van der Waals surface area contributed by atoms with E-state index < -0.39 is 29.7 Å². The third kappa shape index (κ3) is 1.73. The summed E-state index contributed by atoms with van der Waals surface area (Å²) in [4.78, 5) is 11.9. The van der Waals surface area contributed by atoms with Crippen LogP contribution in [-0.4, -0.2) is 28.4 Å². The fourth-order valence-electron chi connectivity index (χ4n) is 3.51. The van der Waals surface area contributed by atoms with Crippen molar-refractivity contribution in [1.82, 2.24) is 0 Å². The first-order valence-corrected chi connectivity index (χ1v) is 6.75. The van der Waals surface area contributed by atoms with Crippen LogP contribution in [0, 0.1) is 5.41 Å². The van der Waals surface area contributed by atoms with Gasteiger partial charge in [0.25, 0.3) is 0 Å². The molecule has 1 aliphatic carbocycles. The van der Waals surface area contributed by atoms with Gasteiger partial charge in [-0.3, -0.25) is 0 Å². The van der Waals surface area contributed by atoms with Crippen LogP contribution >= 0.6 is 0 Å². The topological polar surface area (TPSA) is 79.9 Å². The monoisotopic (exact) mass is 278 g/mol. The molecule has 0 radical (unpaired) electrons.